The number of hydrogen-bond donors (Lipinski definition) is 1. The second kappa shape index (κ2) is 6.40. The van der Waals surface area contributed by atoms with Gasteiger partial charge in [-0.2, -0.15) is 4.98 Å². The second-order valence-electron chi connectivity index (χ2n) is 4.07. The first kappa shape index (κ1) is 13.6. The zero-order chi connectivity index (χ0) is 13.7. The average Bonchev–Trinajstić information content (AvgIpc) is 2.94. The third kappa shape index (κ3) is 3.15. The van der Waals surface area contributed by atoms with E-state index in [1.54, 1.807) is 6.20 Å². The molecule has 0 aromatic carbocycles. The minimum absolute atomic E-state index is 0.134. The Morgan fingerprint density at radius 2 is 2.21 bits per heavy atom. The Hall–Kier alpha value is -1.79. The number of ether oxygens (including phenoxy) is 1. The molecule has 2 N–H and O–H groups in total. The van der Waals surface area contributed by atoms with Gasteiger partial charge in [-0.25, -0.2) is 0 Å². The molecule has 0 amide bonds. The third-order valence-electron chi connectivity index (χ3n) is 2.75. The maximum absolute atomic E-state index is 5.54. The molecule has 1 unspecified atom stereocenters. The molecule has 0 bridgehead atoms. The molecule has 1 atom stereocenters. The molecule has 6 nitrogen and oxygen atoms in total. The van der Waals surface area contributed by atoms with Gasteiger partial charge in [0.1, 0.15) is 11.8 Å². The van der Waals surface area contributed by atoms with Gasteiger partial charge in [0.25, 0.3) is 5.89 Å². The van der Waals surface area contributed by atoms with Gasteiger partial charge < -0.3 is 15.0 Å². The van der Waals surface area contributed by atoms with E-state index < -0.39 is 0 Å². The van der Waals surface area contributed by atoms with Crippen molar-refractivity contribution in [3.8, 4) is 11.6 Å². The monoisotopic (exact) mass is 262 g/mol. The molecule has 19 heavy (non-hydrogen) atoms. The largest absolute Gasteiger partial charge is 0.370 e. The predicted molar refractivity (Wildman–Crippen MR) is 70.1 cm³/mol. The summed E-state index contributed by atoms with van der Waals surface area (Å²) in [6.45, 7) is 5.04. The molecule has 0 spiro atoms. The lowest BCUT2D eigenvalue weighted by Crippen LogP contribution is -2.04. The first-order valence-electron chi connectivity index (χ1n) is 6.39. The molecular weight excluding hydrogens is 244 g/mol. The standard InChI is InChI=1S/C13H18N4O2/c1-3-11(18-4-2)12-16-13(19-17-12)10-6-5-9(7-14)8-15-10/h5-6,8,11H,3-4,7,14H2,1-2H3. The SMILES string of the molecule is CCOC(CC)c1noc(-c2ccc(CN)cn2)n1. The fraction of sp³-hybridized carbons (Fsp3) is 0.462. The fourth-order valence-corrected chi connectivity index (χ4v) is 1.72. The van der Waals surface area contributed by atoms with Crippen molar-refractivity contribution >= 4 is 0 Å². The van der Waals surface area contributed by atoms with E-state index in [2.05, 4.69) is 15.1 Å². The van der Waals surface area contributed by atoms with E-state index in [-0.39, 0.29) is 6.10 Å². The highest BCUT2D eigenvalue weighted by Crippen LogP contribution is 2.21. The molecule has 2 aromatic heterocycles. The van der Waals surface area contributed by atoms with Crippen LogP contribution in [0.2, 0.25) is 0 Å². The predicted octanol–water partition coefficient (Wildman–Crippen LogP) is 2.08. The molecule has 6 heteroatoms. The van der Waals surface area contributed by atoms with Crippen molar-refractivity contribution in [1.82, 2.24) is 15.1 Å². The molecule has 0 aliphatic carbocycles. The van der Waals surface area contributed by atoms with Crippen molar-refractivity contribution in [1.29, 1.82) is 0 Å². The topological polar surface area (TPSA) is 87.1 Å². The Bertz CT molecular complexity index is 510. The van der Waals surface area contributed by atoms with E-state index in [0.717, 1.165) is 12.0 Å². The van der Waals surface area contributed by atoms with Gasteiger partial charge in [0, 0.05) is 19.3 Å². The van der Waals surface area contributed by atoms with E-state index in [9.17, 15) is 0 Å². The summed E-state index contributed by atoms with van der Waals surface area (Å²) < 4.78 is 10.8. The number of nitrogens with zero attached hydrogens (tertiary/aromatic N) is 3. The third-order valence-corrected chi connectivity index (χ3v) is 2.75. The van der Waals surface area contributed by atoms with Crippen molar-refractivity contribution in [2.24, 2.45) is 5.73 Å². The Labute approximate surface area is 112 Å². The van der Waals surface area contributed by atoms with Crippen LogP contribution in [0.4, 0.5) is 0 Å². The molecule has 2 aromatic rings. The minimum Gasteiger partial charge on any atom is -0.370 e. The van der Waals surface area contributed by atoms with E-state index >= 15 is 0 Å². The van der Waals surface area contributed by atoms with Gasteiger partial charge in [-0.3, -0.25) is 4.98 Å². The molecule has 2 rings (SSSR count). The van der Waals surface area contributed by atoms with Crippen LogP contribution in [0.1, 0.15) is 37.8 Å². The van der Waals surface area contributed by atoms with E-state index in [1.807, 2.05) is 26.0 Å². The fourth-order valence-electron chi connectivity index (χ4n) is 1.72. The van der Waals surface area contributed by atoms with Gasteiger partial charge in [0.2, 0.25) is 5.82 Å². The summed E-state index contributed by atoms with van der Waals surface area (Å²) in [5, 5.41) is 3.95. The van der Waals surface area contributed by atoms with Crippen LogP contribution in [-0.4, -0.2) is 21.7 Å². The second-order valence-corrected chi connectivity index (χ2v) is 4.07. The van der Waals surface area contributed by atoms with Crippen LogP contribution in [0.3, 0.4) is 0 Å². The number of nitrogens with two attached hydrogens (primary N) is 1. The molecule has 102 valence electrons. The molecule has 2 heterocycles. The van der Waals surface area contributed by atoms with Crippen molar-refractivity contribution in [3.05, 3.63) is 29.7 Å². The highest BCUT2D eigenvalue weighted by atomic mass is 16.5. The van der Waals surface area contributed by atoms with Gasteiger partial charge in [0.15, 0.2) is 0 Å². The first-order valence-corrected chi connectivity index (χ1v) is 6.39. The van der Waals surface area contributed by atoms with Crippen LogP contribution in [0.15, 0.2) is 22.9 Å². The zero-order valence-electron chi connectivity index (χ0n) is 11.2. The van der Waals surface area contributed by atoms with Crippen LogP contribution in [-0.2, 0) is 11.3 Å². The Morgan fingerprint density at radius 3 is 2.79 bits per heavy atom. The van der Waals surface area contributed by atoms with Crippen molar-refractivity contribution in [2.45, 2.75) is 32.9 Å². The van der Waals surface area contributed by atoms with Gasteiger partial charge in [0.05, 0.1) is 0 Å². The summed E-state index contributed by atoms with van der Waals surface area (Å²) in [4.78, 5) is 8.58. The smallest absolute Gasteiger partial charge is 0.276 e. The lowest BCUT2D eigenvalue weighted by Gasteiger charge is -2.09. The normalized spacial score (nSPS) is 12.6. The van der Waals surface area contributed by atoms with Crippen LogP contribution >= 0.6 is 0 Å². The molecule has 0 saturated carbocycles. The first-order chi connectivity index (χ1) is 9.28. The molecule has 0 saturated heterocycles. The Kier molecular flexibility index (Phi) is 4.59. The lowest BCUT2D eigenvalue weighted by molar-refractivity contribution is 0.0518. The number of rotatable bonds is 6. The van der Waals surface area contributed by atoms with E-state index in [0.29, 0.717) is 30.6 Å². The molecule has 0 radical (unpaired) electrons. The van der Waals surface area contributed by atoms with Crippen molar-refractivity contribution in [2.75, 3.05) is 6.61 Å². The highest BCUT2D eigenvalue weighted by molar-refractivity contribution is 5.46. The molecule has 0 fully saturated rings. The van der Waals surface area contributed by atoms with Crippen LogP contribution in [0, 0.1) is 0 Å². The van der Waals surface area contributed by atoms with Crippen LogP contribution in [0.5, 0.6) is 0 Å². The average molecular weight is 262 g/mol. The maximum Gasteiger partial charge on any atom is 0.276 e. The summed E-state index contributed by atoms with van der Waals surface area (Å²) in [6, 6.07) is 3.72. The summed E-state index contributed by atoms with van der Waals surface area (Å²) in [5.74, 6) is 0.959. The quantitative estimate of drug-likeness (QED) is 0.857. The molecule has 0 aliphatic heterocycles. The lowest BCUT2D eigenvalue weighted by atomic mass is 10.2. The van der Waals surface area contributed by atoms with Gasteiger partial charge in [-0.15, -0.1) is 0 Å². The van der Waals surface area contributed by atoms with E-state index in [1.165, 1.54) is 0 Å². The Morgan fingerprint density at radius 1 is 1.37 bits per heavy atom. The zero-order valence-corrected chi connectivity index (χ0v) is 11.2. The number of pyridine rings is 1. The summed E-state index contributed by atoms with van der Waals surface area (Å²) >= 11 is 0. The van der Waals surface area contributed by atoms with Crippen LogP contribution < -0.4 is 5.73 Å². The number of hydrogen-bond acceptors (Lipinski definition) is 6. The van der Waals surface area contributed by atoms with Crippen LogP contribution in [0.25, 0.3) is 11.6 Å². The van der Waals surface area contributed by atoms with Crippen molar-refractivity contribution in [3.63, 3.8) is 0 Å². The van der Waals surface area contributed by atoms with Gasteiger partial charge >= 0.3 is 0 Å². The number of aromatic nitrogens is 3. The minimum atomic E-state index is -0.134. The van der Waals surface area contributed by atoms with Gasteiger partial charge in [-0.1, -0.05) is 18.1 Å². The van der Waals surface area contributed by atoms with Crippen molar-refractivity contribution < 1.29 is 9.26 Å². The highest BCUT2D eigenvalue weighted by Gasteiger charge is 2.18. The summed E-state index contributed by atoms with van der Waals surface area (Å²) in [5.41, 5.74) is 7.13. The summed E-state index contributed by atoms with van der Waals surface area (Å²) in [6.07, 6.45) is 2.37. The van der Waals surface area contributed by atoms with Gasteiger partial charge in [-0.05, 0) is 25.0 Å². The summed E-state index contributed by atoms with van der Waals surface area (Å²) in [7, 11) is 0. The maximum atomic E-state index is 5.54. The van der Waals surface area contributed by atoms with E-state index in [4.69, 9.17) is 15.0 Å². The molecular formula is C13H18N4O2. The molecule has 0 aliphatic rings. The Balaban J connectivity index is 2.19.